The molecule has 0 unspecified atom stereocenters. The van der Waals surface area contributed by atoms with Crippen molar-refractivity contribution in [3.05, 3.63) is 95.1 Å². The number of nitrogens with one attached hydrogen (secondary N) is 3. The molecule has 7 nitrogen and oxygen atoms in total. The van der Waals surface area contributed by atoms with Crippen molar-refractivity contribution in [2.24, 2.45) is 0 Å². The van der Waals surface area contributed by atoms with E-state index in [1.165, 1.54) is 0 Å². The SMILES string of the molecule is Cc1ccc(OCC(=O)NNC(=O)c2ccc(NC(=O)c3ccccc3C)cc2)cc1. The highest BCUT2D eigenvalue weighted by Crippen LogP contribution is 2.14. The molecule has 0 heterocycles. The monoisotopic (exact) mass is 417 g/mol. The lowest BCUT2D eigenvalue weighted by Crippen LogP contribution is -2.43. The minimum atomic E-state index is -0.490. The third-order valence-corrected chi connectivity index (χ3v) is 4.50. The second-order valence-corrected chi connectivity index (χ2v) is 6.95. The first-order valence-corrected chi connectivity index (χ1v) is 9.68. The van der Waals surface area contributed by atoms with E-state index in [1.54, 1.807) is 48.5 Å². The van der Waals surface area contributed by atoms with Crippen LogP contribution in [0.25, 0.3) is 0 Å². The Balaban J connectivity index is 1.47. The molecule has 3 amide bonds. The van der Waals surface area contributed by atoms with Crippen molar-refractivity contribution in [3.63, 3.8) is 0 Å². The second-order valence-electron chi connectivity index (χ2n) is 6.95. The number of ether oxygens (including phenoxy) is 1. The molecule has 3 aromatic rings. The van der Waals surface area contributed by atoms with Crippen LogP contribution in [0.15, 0.2) is 72.8 Å². The van der Waals surface area contributed by atoms with Crippen LogP contribution in [0.5, 0.6) is 5.75 Å². The van der Waals surface area contributed by atoms with Gasteiger partial charge in [-0.2, -0.15) is 0 Å². The van der Waals surface area contributed by atoms with Crippen molar-refractivity contribution in [3.8, 4) is 5.75 Å². The lowest BCUT2D eigenvalue weighted by Gasteiger charge is -2.10. The summed E-state index contributed by atoms with van der Waals surface area (Å²) < 4.78 is 5.35. The molecule has 0 saturated carbocycles. The van der Waals surface area contributed by atoms with Crippen LogP contribution in [0.1, 0.15) is 31.8 Å². The Morgan fingerprint density at radius 3 is 2.13 bits per heavy atom. The van der Waals surface area contributed by atoms with Gasteiger partial charge in [-0.25, -0.2) is 0 Å². The van der Waals surface area contributed by atoms with E-state index in [9.17, 15) is 14.4 Å². The van der Waals surface area contributed by atoms with Gasteiger partial charge < -0.3 is 10.1 Å². The summed E-state index contributed by atoms with van der Waals surface area (Å²) in [4.78, 5) is 36.4. The van der Waals surface area contributed by atoms with Crippen LogP contribution in [0, 0.1) is 13.8 Å². The predicted molar refractivity (Wildman–Crippen MR) is 118 cm³/mol. The molecule has 0 aliphatic rings. The molecular formula is C24H23N3O4. The number of hydrazine groups is 1. The molecule has 3 aromatic carbocycles. The molecule has 7 heteroatoms. The molecular weight excluding hydrogens is 394 g/mol. The summed E-state index contributed by atoms with van der Waals surface area (Å²) in [5, 5.41) is 2.79. The number of rotatable bonds is 6. The lowest BCUT2D eigenvalue weighted by molar-refractivity contribution is -0.123. The molecule has 3 N–H and O–H groups in total. The Labute approximate surface area is 180 Å². The number of amides is 3. The summed E-state index contributed by atoms with van der Waals surface area (Å²) >= 11 is 0. The van der Waals surface area contributed by atoms with Gasteiger partial charge in [0, 0.05) is 16.8 Å². The molecule has 0 fully saturated rings. The van der Waals surface area contributed by atoms with Crippen molar-refractivity contribution < 1.29 is 19.1 Å². The normalized spacial score (nSPS) is 10.1. The van der Waals surface area contributed by atoms with Crippen LogP contribution in [0.2, 0.25) is 0 Å². The molecule has 0 saturated heterocycles. The highest BCUT2D eigenvalue weighted by atomic mass is 16.5. The number of carbonyl (C=O) groups is 3. The Kier molecular flexibility index (Phi) is 7.01. The van der Waals surface area contributed by atoms with E-state index < -0.39 is 11.8 Å². The maximum Gasteiger partial charge on any atom is 0.276 e. The van der Waals surface area contributed by atoms with Gasteiger partial charge in [-0.1, -0.05) is 35.9 Å². The van der Waals surface area contributed by atoms with Crippen molar-refractivity contribution in [1.29, 1.82) is 0 Å². The molecule has 0 radical (unpaired) electrons. The Hall–Kier alpha value is -4.13. The van der Waals surface area contributed by atoms with Gasteiger partial charge in [0.2, 0.25) is 0 Å². The van der Waals surface area contributed by atoms with Gasteiger partial charge in [0.15, 0.2) is 6.61 Å². The van der Waals surface area contributed by atoms with E-state index in [1.807, 2.05) is 38.1 Å². The third-order valence-electron chi connectivity index (χ3n) is 4.50. The van der Waals surface area contributed by atoms with Gasteiger partial charge in [-0.15, -0.1) is 0 Å². The predicted octanol–water partition coefficient (Wildman–Crippen LogP) is 3.40. The van der Waals surface area contributed by atoms with Crippen LogP contribution in [-0.2, 0) is 4.79 Å². The van der Waals surface area contributed by atoms with E-state index in [4.69, 9.17) is 4.74 Å². The molecule has 158 valence electrons. The minimum Gasteiger partial charge on any atom is -0.484 e. The van der Waals surface area contributed by atoms with E-state index >= 15 is 0 Å². The molecule has 0 spiro atoms. The quantitative estimate of drug-likeness (QED) is 0.536. The van der Waals surface area contributed by atoms with Gasteiger partial charge in [0.1, 0.15) is 5.75 Å². The van der Waals surface area contributed by atoms with Crippen molar-refractivity contribution in [2.45, 2.75) is 13.8 Å². The molecule has 31 heavy (non-hydrogen) atoms. The van der Waals surface area contributed by atoms with Gasteiger partial charge in [-0.3, -0.25) is 25.2 Å². The summed E-state index contributed by atoms with van der Waals surface area (Å²) in [6.07, 6.45) is 0. The largest absolute Gasteiger partial charge is 0.484 e. The number of anilines is 1. The van der Waals surface area contributed by atoms with Crippen molar-refractivity contribution in [1.82, 2.24) is 10.9 Å². The average Bonchev–Trinajstić information content (AvgIpc) is 2.78. The van der Waals surface area contributed by atoms with E-state index in [2.05, 4.69) is 16.2 Å². The van der Waals surface area contributed by atoms with Gasteiger partial charge in [-0.05, 0) is 61.9 Å². The average molecular weight is 417 g/mol. The van der Waals surface area contributed by atoms with E-state index in [0.717, 1.165) is 11.1 Å². The summed E-state index contributed by atoms with van der Waals surface area (Å²) in [6.45, 7) is 3.59. The Morgan fingerprint density at radius 2 is 1.45 bits per heavy atom. The summed E-state index contributed by atoms with van der Waals surface area (Å²) in [7, 11) is 0. The fourth-order valence-corrected chi connectivity index (χ4v) is 2.75. The maximum atomic E-state index is 12.4. The Morgan fingerprint density at radius 1 is 0.774 bits per heavy atom. The zero-order chi connectivity index (χ0) is 22.2. The van der Waals surface area contributed by atoms with Crippen molar-refractivity contribution >= 4 is 23.4 Å². The summed E-state index contributed by atoms with van der Waals surface area (Å²) in [5.74, 6) is -0.636. The minimum absolute atomic E-state index is 0.226. The zero-order valence-corrected chi connectivity index (χ0v) is 17.3. The highest BCUT2D eigenvalue weighted by molar-refractivity contribution is 6.05. The fraction of sp³-hybridized carbons (Fsp3) is 0.125. The fourth-order valence-electron chi connectivity index (χ4n) is 2.75. The van der Waals surface area contributed by atoms with Crippen LogP contribution in [0.4, 0.5) is 5.69 Å². The van der Waals surface area contributed by atoms with E-state index in [-0.39, 0.29) is 12.5 Å². The highest BCUT2D eigenvalue weighted by Gasteiger charge is 2.11. The molecule has 0 aromatic heterocycles. The molecule has 3 rings (SSSR count). The summed E-state index contributed by atoms with van der Waals surface area (Å²) in [6, 6.07) is 20.9. The van der Waals surface area contributed by atoms with Crippen LogP contribution >= 0.6 is 0 Å². The number of hydrogen-bond acceptors (Lipinski definition) is 4. The zero-order valence-electron chi connectivity index (χ0n) is 17.3. The number of aryl methyl sites for hydroxylation is 2. The molecule has 0 aliphatic heterocycles. The first-order valence-electron chi connectivity index (χ1n) is 9.68. The molecule has 0 aliphatic carbocycles. The smallest absolute Gasteiger partial charge is 0.276 e. The maximum absolute atomic E-state index is 12.4. The van der Waals surface area contributed by atoms with Crippen LogP contribution in [0.3, 0.4) is 0 Å². The third kappa shape index (κ3) is 6.17. The molecule has 0 atom stereocenters. The van der Waals surface area contributed by atoms with E-state index in [0.29, 0.717) is 22.6 Å². The Bertz CT molecular complexity index is 1080. The summed E-state index contributed by atoms with van der Waals surface area (Å²) in [5.41, 5.74) is 8.06. The van der Waals surface area contributed by atoms with Gasteiger partial charge >= 0.3 is 0 Å². The van der Waals surface area contributed by atoms with Gasteiger partial charge in [0.25, 0.3) is 17.7 Å². The lowest BCUT2D eigenvalue weighted by atomic mass is 10.1. The standard InChI is InChI=1S/C24H23N3O4/c1-16-7-13-20(14-8-16)31-15-22(28)26-27-23(29)18-9-11-19(12-10-18)25-24(30)21-6-4-3-5-17(21)2/h3-14H,15H2,1-2H3,(H,25,30)(H,26,28)(H,27,29). The topological polar surface area (TPSA) is 96.5 Å². The first-order chi connectivity index (χ1) is 14.9. The number of carbonyl (C=O) groups excluding carboxylic acids is 3. The molecule has 0 bridgehead atoms. The number of hydrogen-bond donors (Lipinski definition) is 3. The first kappa shape index (κ1) is 21.6. The van der Waals surface area contributed by atoms with Crippen LogP contribution in [-0.4, -0.2) is 24.3 Å². The van der Waals surface area contributed by atoms with Crippen molar-refractivity contribution in [2.75, 3.05) is 11.9 Å². The van der Waals surface area contributed by atoms with Crippen LogP contribution < -0.4 is 20.9 Å². The number of benzene rings is 3. The van der Waals surface area contributed by atoms with Gasteiger partial charge in [0.05, 0.1) is 0 Å². The second kappa shape index (κ2) is 10.1.